The molecule has 1 aromatic heterocycles. The van der Waals surface area contributed by atoms with Crippen LogP contribution in [-0.4, -0.2) is 37.3 Å². The molecule has 2 N–H and O–H groups in total. The van der Waals surface area contributed by atoms with Gasteiger partial charge >= 0.3 is 5.97 Å². The van der Waals surface area contributed by atoms with E-state index in [1.54, 1.807) is 56.2 Å². The zero-order valence-corrected chi connectivity index (χ0v) is 13.4. The lowest BCUT2D eigenvalue weighted by atomic mass is 9.97. The number of carbonyl (C=O) groups is 2. The highest BCUT2D eigenvalue weighted by Gasteiger charge is 2.22. The summed E-state index contributed by atoms with van der Waals surface area (Å²) in [5.41, 5.74) is 0.747. The maximum Gasteiger partial charge on any atom is 0.303 e. The summed E-state index contributed by atoms with van der Waals surface area (Å²) < 4.78 is 1.61. The van der Waals surface area contributed by atoms with Gasteiger partial charge in [0.1, 0.15) is 6.33 Å². The van der Waals surface area contributed by atoms with Crippen molar-refractivity contribution < 1.29 is 14.7 Å². The smallest absolute Gasteiger partial charge is 0.303 e. The number of hydrogen-bond acceptors (Lipinski definition) is 4. The van der Waals surface area contributed by atoms with Crippen LogP contribution in [-0.2, 0) is 11.8 Å². The first-order valence-electron chi connectivity index (χ1n) is 7.27. The lowest BCUT2D eigenvalue weighted by Crippen LogP contribution is -2.43. The Balaban J connectivity index is 2.04. The third-order valence-electron chi connectivity index (χ3n) is 3.42. The molecule has 0 saturated heterocycles. The monoisotopic (exact) mass is 316 g/mol. The summed E-state index contributed by atoms with van der Waals surface area (Å²) in [4.78, 5) is 27.1. The minimum atomic E-state index is -0.875. The number of carboxylic acids is 1. The number of aliphatic carboxylic acids is 1. The molecule has 0 bridgehead atoms. The van der Waals surface area contributed by atoms with Crippen molar-refractivity contribution in [3.8, 4) is 11.4 Å². The highest BCUT2D eigenvalue weighted by Crippen LogP contribution is 2.17. The van der Waals surface area contributed by atoms with Crippen molar-refractivity contribution in [3.05, 3.63) is 36.2 Å². The van der Waals surface area contributed by atoms with Crippen molar-refractivity contribution in [1.82, 2.24) is 20.1 Å². The Bertz CT molecular complexity index is 704. The van der Waals surface area contributed by atoms with Crippen LogP contribution in [0.5, 0.6) is 0 Å². The molecule has 23 heavy (non-hydrogen) atoms. The molecule has 0 unspecified atom stereocenters. The second-order valence-electron chi connectivity index (χ2n) is 6.05. The molecule has 0 fully saturated rings. The Hall–Kier alpha value is -2.70. The first kappa shape index (κ1) is 16.7. The molecule has 0 aliphatic heterocycles. The molecule has 7 nitrogen and oxygen atoms in total. The molecule has 0 aliphatic carbocycles. The van der Waals surface area contributed by atoms with Crippen molar-refractivity contribution >= 4 is 11.9 Å². The molecular weight excluding hydrogens is 296 g/mol. The molecule has 2 aromatic rings. The fourth-order valence-electron chi connectivity index (χ4n) is 2.10. The number of hydrogen-bond donors (Lipinski definition) is 2. The van der Waals surface area contributed by atoms with Gasteiger partial charge in [-0.2, -0.15) is 5.10 Å². The number of aromatic nitrogens is 3. The lowest BCUT2D eigenvalue weighted by Gasteiger charge is -2.25. The van der Waals surface area contributed by atoms with Gasteiger partial charge in [0.05, 0.1) is 0 Å². The van der Waals surface area contributed by atoms with Gasteiger partial charge in [0.2, 0.25) is 0 Å². The summed E-state index contributed by atoms with van der Waals surface area (Å²) in [6.07, 6.45) is 1.99. The van der Waals surface area contributed by atoms with E-state index < -0.39 is 11.5 Å². The van der Waals surface area contributed by atoms with Gasteiger partial charge in [-0.05, 0) is 32.4 Å². The van der Waals surface area contributed by atoms with E-state index in [0.29, 0.717) is 17.8 Å². The molecule has 0 spiro atoms. The van der Waals surface area contributed by atoms with E-state index in [0.717, 1.165) is 5.56 Å². The van der Waals surface area contributed by atoms with Gasteiger partial charge in [-0.15, -0.1) is 0 Å². The Kier molecular flexibility index (Phi) is 4.78. The molecule has 1 amide bonds. The minimum Gasteiger partial charge on any atom is -0.481 e. The zero-order chi connectivity index (χ0) is 17.0. The summed E-state index contributed by atoms with van der Waals surface area (Å²) in [5, 5.41) is 15.8. The van der Waals surface area contributed by atoms with E-state index in [1.807, 2.05) is 0 Å². The van der Waals surface area contributed by atoms with Crippen molar-refractivity contribution in [2.75, 3.05) is 0 Å². The Morgan fingerprint density at radius 1 is 1.26 bits per heavy atom. The van der Waals surface area contributed by atoms with Crippen LogP contribution in [0.4, 0.5) is 0 Å². The highest BCUT2D eigenvalue weighted by molar-refractivity contribution is 5.95. The van der Waals surface area contributed by atoms with Gasteiger partial charge in [0.25, 0.3) is 5.91 Å². The normalized spacial score (nSPS) is 11.3. The summed E-state index contributed by atoms with van der Waals surface area (Å²) >= 11 is 0. The molecule has 0 aliphatic rings. The van der Waals surface area contributed by atoms with Crippen molar-refractivity contribution in [2.24, 2.45) is 7.05 Å². The van der Waals surface area contributed by atoms with Gasteiger partial charge in [0.15, 0.2) is 5.82 Å². The second kappa shape index (κ2) is 6.60. The van der Waals surface area contributed by atoms with E-state index in [9.17, 15) is 9.59 Å². The quantitative estimate of drug-likeness (QED) is 0.847. The fourth-order valence-corrected chi connectivity index (χ4v) is 2.10. The lowest BCUT2D eigenvalue weighted by molar-refractivity contribution is -0.137. The van der Waals surface area contributed by atoms with Crippen LogP contribution in [0.3, 0.4) is 0 Å². The van der Waals surface area contributed by atoms with Crippen molar-refractivity contribution in [1.29, 1.82) is 0 Å². The minimum absolute atomic E-state index is 0.0115. The van der Waals surface area contributed by atoms with Crippen molar-refractivity contribution in [2.45, 2.75) is 32.2 Å². The Morgan fingerprint density at radius 2 is 1.91 bits per heavy atom. The number of benzene rings is 1. The fraction of sp³-hybridized carbons (Fsp3) is 0.375. The van der Waals surface area contributed by atoms with Gasteiger partial charge < -0.3 is 10.4 Å². The summed E-state index contributed by atoms with van der Waals surface area (Å²) in [6.45, 7) is 3.61. The van der Waals surface area contributed by atoms with E-state index in [-0.39, 0.29) is 12.3 Å². The first-order chi connectivity index (χ1) is 10.8. The average Bonchev–Trinajstić information content (AvgIpc) is 2.92. The van der Waals surface area contributed by atoms with Crippen LogP contribution in [0.15, 0.2) is 30.6 Å². The number of rotatable bonds is 6. The number of amides is 1. The second-order valence-corrected chi connectivity index (χ2v) is 6.05. The molecule has 2 rings (SSSR count). The van der Waals surface area contributed by atoms with E-state index >= 15 is 0 Å². The molecule has 0 radical (unpaired) electrons. The number of nitrogens with zero attached hydrogens (tertiary/aromatic N) is 3. The van der Waals surface area contributed by atoms with E-state index in [4.69, 9.17) is 5.11 Å². The van der Waals surface area contributed by atoms with Crippen LogP contribution in [0.2, 0.25) is 0 Å². The predicted molar refractivity (Wildman–Crippen MR) is 84.9 cm³/mol. The number of carbonyl (C=O) groups excluding carboxylic acids is 1. The maximum atomic E-state index is 12.3. The van der Waals surface area contributed by atoms with Crippen LogP contribution in [0.1, 0.15) is 37.0 Å². The zero-order valence-electron chi connectivity index (χ0n) is 13.4. The van der Waals surface area contributed by atoms with Crippen LogP contribution < -0.4 is 5.32 Å². The van der Waals surface area contributed by atoms with E-state index in [1.165, 1.54) is 0 Å². The average molecular weight is 316 g/mol. The molecule has 0 atom stereocenters. The van der Waals surface area contributed by atoms with Crippen LogP contribution >= 0.6 is 0 Å². The molecule has 7 heteroatoms. The topological polar surface area (TPSA) is 97.1 Å². The predicted octanol–water partition coefficient (Wildman–Crippen LogP) is 1.86. The highest BCUT2D eigenvalue weighted by atomic mass is 16.4. The number of carboxylic acid groups (broad SMARTS) is 1. The van der Waals surface area contributed by atoms with Gasteiger partial charge in [0, 0.05) is 30.1 Å². The molecule has 0 saturated carbocycles. The van der Waals surface area contributed by atoms with Crippen LogP contribution in [0, 0.1) is 0 Å². The van der Waals surface area contributed by atoms with Gasteiger partial charge in [-0.25, -0.2) is 4.98 Å². The van der Waals surface area contributed by atoms with Crippen LogP contribution in [0.25, 0.3) is 11.4 Å². The molecule has 122 valence electrons. The number of aryl methyl sites for hydroxylation is 1. The van der Waals surface area contributed by atoms with E-state index in [2.05, 4.69) is 15.4 Å². The maximum absolute atomic E-state index is 12.3. The van der Waals surface area contributed by atoms with Gasteiger partial charge in [-0.3, -0.25) is 14.3 Å². The first-order valence-corrected chi connectivity index (χ1v) is 7.27. The largest absolute Gasteiger partial charge is 0.481 e. The number of nitrogens with one attached hydrogen (secondary N) is 1. The standard InChI is InChI=1S/C16H20N4O3/c1-16(2,9-8-13(21)22)18-15(23)12-6-4-11(5-7-12)14-17-10-20(3)19-14/h4-7,10H,8-9H2,1-3H3,(H,18,23)(H,21,22). The molecule has 1 aromatic carbocycles. The summed E-state index contributed by atoms with van der Waals surface area (Å²) in [5.74, 6) is -0.512. The van der Waals surface area contributed by atoms with Gasteiger partial charge in [-0.1, -0.05) is 12.1 Å². The summed E-state index contributed by atoms with van der Waals surface area (Å²) in [7, 11) is 1.79. The molecule has 1 heterocycles. The Labute approximate surface area is 134 Å². The molecular formula is C16H20N4O3. The third-order valence-corrected chi connectivity index (χ3v) is 3.42. The van der Waals surface area contributed by atoms with Crippen molar-refractivity contribution in [3.63, 3.8) is 0 Å². The summed E-state index contributed by atoms with van der Waals surface area (Å²) in [6, 6.07) is 6.98. The Morgan fingerprint density at radius 3 is 2.43 bits per heavy atom. The third kappa shape index (κ3) is 4.64. The SMILES string of the molecule is Cn1cnc(-c2ccc(C(=O)NC(C)(C)CCC(=O)O)cc2)n1.